The van der Waals surface area contributed by atoms with Crippen LogP contribution in [-0.4, -0.2) is 101 Å². The number of alkyl carbamates (subject to hydrolysis) is 1. The number of anilines is 1. The SMILES string of the molecule is Cc1ccccc1NC(=O)NCCCC[C@H](NC(=O)[C@H](Cc1c[nH]c2ccccc12)NC(=O)OCC(C)C)C(=O)N[C@@H](CC(=O)O)C(=O)N(C)[C@@H](Cc1ccccc1)C(N)=O. The number of primary amides is 1. The predicted molar refractivity (Wildman–Crippen MR) is 229 cm³/mol. The molecule has 0 saturated heterocycles. The van der Waals surface area contributed by atoms with E-state index in [0.29, 0.717) is 23.2 Å². The third kappa shape index (κ3) is 14.7. The number of nitrogens with zero attached hydrogens (tertiary/aromatic N) is 1. The number of aliphatic carboxylic acids is 1. The number of aryl methyl sites for hydroxylation is 1. The molecule has 1 aromatic heterocycles. The summed E-state index contributed by atoms with van der Waals surface area (Å²) in [6.45, 7) is 5.86. The minimum Gasteiger partial charge on any atom is -0.481 e. The molecule has 0 aliphatic carbocycles. The van der Waals surface area contributed by atoms with Crippen molar-refractivity contribution in [3.8, 4) is 0 Å². The number of para-hydroxylation sites is 2. The number of benzene rings is 3. The van der Waals surface area contributed by atoms with Crippen LogP contribution in [0.2, 0.25) is 0 Å². The molecule has 326 valence electrons. The number of nitrogens with two attached hydrogens (primary N) is 1. The largest absolute Gasteiger partial charge is 0.481 e. The molecule has 7 amide bonds. The Morgan fingerprint density at radius 1 is 0.803 bits per heavy atom. The number of fused-ring (bicyclic) bond motifs is 1. The molecule has 0 unspecified atom stereocenters. The molecule has 1 heterocycles. The molecule has 4 atom stereocenters. The Labute approximate surface area is 354 Å². The number of aromatic amines is 1. The van der Waals surface area contributed by atoms with Crippen LogP contribution in [0, 0.1) is 12.8 Å². The van der Waals surface area contributed by atoms with Gasteiger partial charge in [-0.3, -0.25) is 24.0 Å². The molecule has 0 aliphatic rings. The van der Waals surface area contributed by atoms with Gasteiger partial charge in [0.1, 0.15) is 24.2 Å². The van der Waals surface area contributed by atoms with Gasteiger partial charge in [0.05, 0.1) is 13.0 Å². The average Bonchev–Trinajstić information content (AvgIpc) is 3.63. The lowest BCUT2D eigenvalue weighted by atomic mass is 10.0. The molecule has 3 aromatic carbocycles. The third-order valence-electron chi connectivity index (χ3n) is 9.90. The lowest BCUT2D eigenvalue weighted by Crippen LogP contribution is -2.59. The van der Waals surface area contributed by atoms with Gasteiger partial charge in [-0.1, -0.05) is 80.6 Å². The number of amides is 7. The van der Waals surface area contributed by atoms with Gasteiger partial charge < -0.3 is 52.0 Å². The highest BCUT2D eigenvalue weighted by atomic mass is 16.5. The van der Waals surface area contributed by atoms with E-state index in [2.05, 4.69) is 31.6 Å². The van der Waals surface area contributed by atoms with Crippen molar-refractivity contribution < 1.29 is 43.4 Å². The number of likely N-dealkylation sites (N-methyl/N-ethyl adjacent to an activating group) is 1. The van der Waals surface area contributed by atoms with Gasteiger partial charge in [-0.05, 0) is 60.9 Å². The van der Waals surface area contributed by atoms with E-state index in [1.807, 2.05) is 57.2 Å². The zero-order valence-electron chi connectivity index (χ0n) is 34.9. The van der Waals surface area contributed by atoms with Gasteiger partial charge in [-0.2, -0.15) is 0 Å². The van der Waals surface area contributed by atoms with Crippen molar-refractivity contribution in [3.63, 3.8) is 0 Å². The number of urea groups is 1. The molecule has 0 spiro atoms. The molecular weight excluding hydrogens is 785 g/mol. The number of H-pyrrole nitrogens is 1. The number of nitrogens with one attached hydrogen (secondary N) is 6. The Morgan fingerprint density at radius 3 is 2.15 bits per heavy atom. The number of aromatic nitrogens is 1. The van der Waals surface area contributed by atoms with Crippen LogP contribution < -0.4 is 32.3 Å². The first-order valence-electron chi connectivity index (χ1n) is 20.1. The van der Waals surface area contributed by atoms with Crippen LogP contribution >= 0.6 is 0 Å². The Kier molecular flexibility index (Phi) is 17.7. The van der Waals surface area contributed by atoms with Gasteiger partial charge in [0.15, 0.2) is 0 Å². The highest BCUT2D eigenvalue weighted by Crippen LogP contribution is 2.20. The molecule has 4 rings (SSSR count). The maximum Gasteiger partial charge on any atom is 0.407 e. The Balaban J connectivity index is 1.55. The number of ether oxygens (including phenoxy) is 1. The van der Waals surface area contributed by atoms with Crippen LogP contribution in [0.3, 0.4) is 0 Å². The Morgan fingerprint density at radius 2 is 1.46 bits per heavy atom. The quantitative estimate of drug-likeness (QED) is 0.0536. The Hall–Kier alpha value is -6.91. The highest BCUT2D eigenvalue weighted by molar-refractivity contribution is 5.97. The smallest absolute Gasteiger partial charge is 0.407 e. The molecule has 0 saturated carbocycles. The number of carbonyl (C=O) groups excluding carboxylic acids is 6. The maximum atomic E-state index is 14.2. The molecule has 0 fully saturated rings. The second-order valence-electron chi connectivity index (χ2n) is 15.2. The first-order valence-corrected chi connectivity index (χ1v) is 20.1. The van der Waals surface area contributed by atoms with Crippen molar-refractivity contribution in [1.29, 1.82) is 0 Å². The molecule has 9 N–H and O–H groups in total. The first-order chi connectivity index (χ1) is 29.1. The summed E-state index contributed by atoms with van der Waals surface area (Å²) < 4.78 is 5.32. The van der Waals surface area contributed by atoms with Crippen molar-refractivity contribution in [2.75, 3.05) is 25.5 Å². The summed E-state index contributed by atoms with van der Waals surface area (Å²) in [5, 5.41) is 24.0. The molecule has 0 bridgehead atoms. The molecule has 4 aromatic rings. The number of unbranched alkanes of at least 4 members (excludes halogenated alkanes) is 1. The summed E-state index contributed by atoms with van der Waals surface area (Å²) in [5.74, 6) is -4.77. The van der Waals surface area contributed by atoms with Gasteiger partial charge in [0.25, 0.3) is 0 Å². The summed E-state index contributed by atoms with van der Waals surface area (Å²) >= 11 is 0. The lowest BCUT2D eigenvalue weighted by molar-refractivity contribution is -0.146. The fraction of sp³-hybridized carbons (Fsp3) is 0.386. The van der Waals surface area contributed by atoms with E-state index in [-0.39, 0.29) is 44.8 Å². The minimum atomic E-state index is -1.66. The van der Waals surface area contributed by atoms with E-state index < -0.39 is 72.3 Å². The van der Waals surface area contributed by atoms with Crippen molar-refractivity contribution in [3.05, 3.63) is 102 Å². The van der Waals surface area contributed by atoms with Gasteiger partial charge in [0.2, 0.25) is 23.6 Å². The van der Waals surface area contributed by atoms with E-state index in [4.69, 9.17) is 10.5 Å². The maximum absolute atomic E-state index is 14.2. The lowest BCUT2D eigenvalue weighted by Gasteiger charge is -2.30. The standard InChI is InChI=1S/C44H56N8O9/c1-27(2)26-61-44(60)51-35(23-30-25-47-33-19-11-9-17-31(30)33)41(57)48-34(20-12-13-21-46-43(59)50-32-18-10-8-14-28(32)3)40(56)49-36(24-38(53)54)42(58)52(4)37(39(45)55)22-29-15-6-5-7-16-29/h5-11,14-19,25,27,34-37,47H,12-13,20-24,26H2,1-4H3,(H2,45,55)(H,48,57)(H,49,56)(H,51,60)(H,53,54)(H2,46,50,59)/t34-,35-,36-,37-/m0/s1. The number of hydrogen-bond acceptors (Lipinski definition) is 8. The second-order valence-corrected chi connectivity index (χ2v) is 15.2. The molecule has 0 aliphatic heterocycles. The van der Waals surface area contributed by atoms with Gasteiger partial charge in [0, 0.05) is 49.2 Å². The fourth-order valence-electron chi connectivity index (χ4n) is 6.56. The van der Waals surface area contributed by atoms with E-state index in [9.17, 15) is 38.7 Å². The summed E-state index contributed by atoms with van der Waals surface area (Å²) in [7, 11) is 1.29. The Bertz CT molecular complexity index is 2140. The van der Waals surface area contributed by atoms with Gasteiger partial charge >= 0.3 is 18.1 Å². The third-order valence-corrected chi connectivity index (χ3v) is 9.90. The van der Waals surface area contributed by atoms with Gasteiger partial charge in [-0.25, -0.2) is 9.59 Å². The normalized spacial score (nSPS) is 12.9. The van der Waals surface area contributed by atoms with Crippen LogP contribution in [0.5, 0.6) is 0 Å². The topological polar surface area (TPSA) is 254 Å². The molecule has 0 radical (unpaired) electrons. The second kappa shape index (κ2) is 23.0. The number of carboxylic acids is 1. The van der Waals surface area contributed by atoms with Crippen molar-refractivity contribution >= 4 is 58.3 Å². The molecule has 17 heteroatoms. The zero-order valence-corrected chi connectivity index (χ0v) is 34.9. The van der Waals surface area contributed by atoms with Crippen molar-refractivity contribution in [2.24, 2.45) is 11.7 Å². The van der Waals surface area contributed by atoms with Crippen LogP contribution in [0.15, 0.2) is 85.1 Å². The monoisotopic (exact) mass is 840 g/mol. The number of rotatable bonds is 22. The van der Waals surface area contributed by atoms with Crippen LogP contribution in [0.25, 0.3) is 10.9 Å². The van der Waals surface area contributed by atoms with E-state index in [0.717, 1.165) is 21.4 Å². The molecule has 17 nitrogen and oxygen atoms in total. The van der Waals surface area contributed by atoms with Gasteiger partial charge in [-0.15, -0.1) is 0 Å². The molecular formula is C44H56N8O9. The summed E-state index contributed by atoms with van der Waals surface area (Å²) in [6, 6.07) is 17.6. The van der Waals surface area contributed by atoms with Crippen LogP contribution in [0.4, 0.5) is 15.3 Å². The van der Waals surface area contributed by atoms with Crippen molar-refractivity contribution in [1.82, 2.24) is 31.2 Å². The summed E-state index contributed by atoms with van der Waals surface area (Å²) in [5.41, 5.74) is 9.41. The number of carbonyl (C=O) groups is 7. The van der Waals surface area contributed by atoms with Crippen LogP contribution in [0.1, 0.15) is 56.2 Å². The zero-order chi connectivity index (χ0) is 44.5. The minimum absolute atomic E-state index is 0.00171. The summed E-state index contributed by atoms with van der Waals surface area (Å²) in [4.78, 5) is 96.5. The van der Waals surface area contributed by atoms with E-state index in [1.165, 1.54) is 7.05 Å². The highest BCUT2D eigenvalue weighted by Gasteiger charge is 2.35. The van der Waals surface area contributed by atoms with E-state index >= 15 is 0 Å². The average molecular weight is 841 g/mol. The number of carboxylic acid groups (broad SMARTS) is 1. The molecule has 61 heavy (non-hydrogen) atoms. The number of hydrogen-bond donors (Lipinski definition) is 8. The first kappa shape index (κ1) is 46.8. The fourth-order valence-corrected chi connectivity index (χ4v) is 6.56. The summed E-state index contributed by atoms with van der Waals surface area (Å²) in [6.07, 6.45) is 0.677. The predicted octanol–water partition coefficient (Wildman–Crippen LogP) is 3.76. The van der Waals surface area contributed by atoms with E-state index in [1.54, 1.807) is 48.7 Å². The van der Waals surface area contributed by atoms with Crippen LogP contribution in [-0.2, 0) is 41.6 Å². The van der Waals surface area contributed by atoms with Crippen molar-refractivity contribution in [2.45, 2.75) is 83.5 Å².